The molecule has 0 aromatic carbocycles. The van der Waals surface area contributed by atoms with Gasteiger partial charge in [0.1, 0.15) is 5.75 Å². The summed E-state index contributed by atoms with van der Waals surface area (Å²) in [6, 6.07) is 1.26. The molecule has 0 aliphatic rings. The second kappa shape index (κ2) is 4.07. The van der Waals surface area contributed by atoms with Crippen LogP contribution in [0.3, 0.4) is 0 Å². The molecule has 0 saturated carbocycles. The van der Waals surface area contributed by atoms with Gasteiger partial charge in [-0.25, -0.2) is 9.37 Å². The van der Waals surface area contributed by atoms with E-state index < -0.39 is 5.82 Å². The number of aromatic nitrogens is 1. The highest BCUT2D eigenvalue weighted by Gasteiger charge is 2.06. The lowest BCUT2D eigenvalue weighted by molar-refractivity contribution is 0.239. The Kier molecular flexibility index (Phi) is 3.06. The quantitative estimate of drug-likeness (QED) is 0.721. The average molecular weight is 185 g/mol. The van der Waals surface area contributed by atoms with Gasteiger partial charge in [-0.1, -0.05) is 0 Å². The minimum absolute atomic E-state index is 0.00888. The van der Waals surface area contributed by atoms with Gasteiger partial charge < -0.3 is 9.47 Å². The first-order chi connectivity index (χ1) is 6.13. The van der Waals surface area contributed by atoms with Crippen molar-refractivity contribution in [2.75, 3.05) is 7.11 Å². The second-order valence-corrected chi connectivity index (χ2v) is 2.83. The standard InChI is InChI=1S/C9H12FNO2/c1-6(2)13-7-4-8(10)9(12-3)11-5-7/h4-6H,1-3H3. The zero-order valence-corrected chi connectivity index (χ0v) is 7.87. The van der Waals surface area contributed by atoms with Crippen molar-refractivity contribution in [1.29, 1.82) is 0 Å². The van der Waals surface area contributed by atoms with Gasteiger partial charge in [-0.2, -0.15) is 0 Å². The number of hydrogen-bond acceptors (Lipinski definition) is 3. The SMILES string of the molecule is COc1ncc(OC(C)C)cc1F. The highest BCUT2D eigenvalue weighted by atomic mass is 19.1. The Bertz CT molecular complexity index is 289. The van der Waals surface area contributed by atoms with Crippen molar-refractivity contribution >= 4 is 0 Å². The van der Waals surface area contributed by atoms with Crippen LogP contribution in [-0.2, 0) is 0 Å². The van der Waals surface area contributed by atoms with E-state index in [2.05, 4.69) is 9.72 Å². The van der Waals surface area contributed by atoms with Gasteiger partial charge in [-0.05, 0) is 13.8 Å². The Hall–Kier alpha value is -1.32. The van der Waals surface area contributed by atoms with Crippen molar-refractivity contribution in [1.82, 2.24) is 4.98 Å². The van der Waals surface area contributed by atoms with Crippen LogP contribution in [0, 0.1) is 5.82 Å². The van der Waals surface area contributed by atoms with Crippen LogP contribution < -0.4 is 9.47 Å². The number of nitrogens with zero attached hydrogens (tertiary/aromatic N) is 1. The van der Waals surface area contributed by atoms with E-state index in [1.807, 2.05) is 13.8 Å². The van der Waals surface area contributed by atoms with Crippen molar-refractivity contribution in [3.05, 3.63) is 18.1 Å². The molecule has 0 atom stereocenters. The minimum atomic E-state index is -0.513. The molecule has 1 rings (SSSR count). The van der Waals surface area contributed by atoms with Gasteiger partial charge in [0.05, 0.1) is 19.4 Å². The van der Waals surface area contributed by atoms with E-state index in [4.69, 9.17) is 4.74 Å². The molecule has 3 nitrogen and oxygen atoms in total. The number of hydrogen-bond donors (Lipinski definition) is 0. The minimum Gasteiger partial charge on any atom is -0.489 e. The van der Waals surface area contributed by atoms with Crippen LogP contribution >= 0.6 is 0 Å². The Balaban J connectivity index is 2.83. The molecule has 0 amide bonds. The number of rotatable bonds is 3. The molecule has 0 bridgehead atoms. The summed E-state index contributed by atoms with van der Waals surface area (Å²) in [7, 11) is 1.37. The maximum atomic E-state index is 13.0. The predicted octanol–water partition coefficient (Wildman–Crippen LogP) is 2.02. The van der Waals surface area contributed by atoms with Gasteiger partial charge in [0.15, 0.2) is 5.82 Å². The third kappa shape index (κ3) is 2.57. The number of halogens is 1. The summed E-state index contributed by atoms with van der Waals surface area (Å²) in [6.07, 6.45) is 1.44. The molecule has 1 aromatic rings. The third-order valence-corrected chi connectivity index (χ3v) is 1.35. The third-order valence-electron chi connectivity index (χ3n) is 1.35. The molecule has 1 aromatic heterocycles. The van der Waals surface area contributed by atoms with Crippen molar-refractivity contribution in [3.63, 3.8) is 0 Å². The lowest BCUT2D eigenvalue weighted by Crippen LogP contribution is -2.06. The summed E-state index contributed by atoms with van der Waals surface area (Å²) >= 11 is 0. The van der Waals surface area contributed by atoms with E-state index in [1.165, 1.54) is 19.4 Å². The van der Waals surface area contributed by atoms with Crippen LogP contribution in [0.15, 0.2) is 12.3 Å². The number of ether oxygens (including phenoxy) is 2. The lowest BCUT2D eigenvalue weighted by atomic mass is 10.4. The number of methoxy groups -OCH3 is 1. The first-order valence-electron chi connectivity index (χ1n) is 3.99. The zero-order chi connectivity index (χ0) is 9.84. The normalized spacial score (nSPS) is 10.2. The molecule has 0 saturated heterocycles. The first kappa shape index (κ1) is 9.77. The average Bonchev–Trinajstić information content (AvgIpc) is 2.03. The van der Waals surface area contributed by atoms with Gasteiger partial charge in [0.2, 0.25) is 5.88 Å². The van der Waals surface area contributed by atoms with E-state index in [0.29, 0.717) is 5.75 Å². The van der Waals surface area contributed by atoms with E-state index in [-0.39, 0.29) is 12.0 Å². The fourth-order valence-electron chi connectivity index (χ4n) is 0.895. The molecule has 0 unspecified atom stereocenters. The van der Waals surface area contributed by atoms with E-state index >= 15 is 0 Å². The largest absolute Gasteiger partial charge is 0.489 e. The van der Waals surface area contributed by atoms with E-state index in [9.17, 15) is 4.39 Å². The molecule has 0 spiro atoms. The molecule has 0 N–H and O–H groups in total. The van der Waals surface area contributed by atoms with E-state index in [1.54, 1.807) is 0 Å². The van der Waals surface area contributed by atoms with Crippen molar-refractivity contribution in [2.24, 2.45) is 0 Å². The molecule has 0 fully saturated rings. The Morgan fingerprint density at radius 2 is 2.15 bits per heavy atom. The molecule has 1 heterocycles. The Morgan fingerprint density at radius 3 is 2.62 bits per heavy atom. The van der Waals surface area contributed by atoms with Crippen LogP contribution in [0.25, 0.3) is 0 Å². The summed E-state index contributed by atoms with van der Waals surface area (Å²) < 4.78 is 22.9. The monoisotopic (exact) mass is 185 g/mol. The van der Waals surface area contributed by atoms with Gasteiger partial charge in [-0.15, -0.1) is 0 Å². The van der Waals surface area contributed by atoms with Crippen LogP contribution in [0.4, 0.5) is 4.39 Å². The molecular formula is C9H12FNO2. The maximum Gasteiger partial charge on any atom is 0.250 e. The molecule has 0 aliphatic carbocycles. The molecular weight excluding hydrogens is 173 g/mol. The topological polar surface area (TPSA) is 31.4 Å². The molecule has 13 heavy (non-hydrogen) atoms. The highest BCUT2D eigenvalue weighted by molar-refractivity contribution is 5.24. The van der Waals surface area contributed by atoms with Crippen LogP contribution in [0.1, 0.15) is 13.8 Å². The lowest BCUT2D eigenvalue weighted by Gasteiger charge is -2.09. The van der Waals surface area contributed by atoms with Gasteiger partial charge in [0, 0.05) is 6.07 Å². The summed E-state index contributed by atoms with van der Waals surface area (Å²) in [5, 5.41) is 0. The van der Waals surface area contributed by atoms with Crippen LogP contribution in [0.2, 0.25) is 0 Å². The Morgan fingerprint density at radius 1 is 1.46 bits per heavy atom. The molecule has 0 aliphatic heterocycles. The van der Waals surface area contributed by atoms with Crippen molar-refractivity contribution in [2.45, 2.75) is 20.0 Å². The number of pyridine rings is 1. The Labute approximate surface area is 76.5 Å². The smallest absolute Gasteiger partial charge is 0.250 e. The molecule has 0 radical (unpaired) electrons. The first-order valence-corrected chi connectivity index (χ1v) is 3.99. The van der Waals surface area contributed by atoms with E-state index in [0.717, 1.165) is 0 Å². The fraction of sp³-hybridized carbons (Fsp3) is 0.444. The van der Waals surface area contributed by atoms with Crippen molar-refractivity contribution in [3.8, 4) is 11.6 Å². The van der Waals surface area contributed by atoms with Gasteiger partial charge >= 0.3 is 0 Å². The summed E-state index contributed by atoms with van der Waals surface area (Å²) in [6.45, 7) is 3.73. The molecule has 72 valence electrons. The van der Waals surface area contributed by atoms with Crippen LogP contribution in [-0.4, -0.2) is 18.2 Å². The van der Waals surface area contributed by atoms with Crippen LogP contribution in [0.5, 0.6) is 11.6 Å². The molecule has 4 heteroatoms. The maximum absolute atomic E-state index is 13.0. The summed E-state index contributed by atoms with van der Waals surface area (Å²) in [5.41, 5.74) is 0. The summed E-state index contributed by atoms with van der Waals surface area (Å²) in [4.78, 5) is 3.73. The second-order valence-electron chi connectivity index (χ2n) is 2.83. The van der Waals surface area contributed by atoms with Gasteiger partial charge in [-0.3, -0.25) is 0 Å². The summed E-state index contributed by atoms with van der Waals surface area (Å²) in [5.74, 6) is -0.120. The highest BCUT2D eigenvalue weighted by Crippen LogP contribution is 2.19. The van der Waals surface area contributed by atoms with Crippen molar-refractivity contribution < 1.29 is 13.9 Å². The van der Waals surface area contributed by atoms with Gasteiger partial charge in [0.25, 0.3) is 0 Å². The fourth-order valence-corrected chi connectivity index (χ4v) is 0.895. The zero-order valence-electron chi connectivity index (χ0n) is 7.87. The predicted molar refractivity (Wildman–Crippen MR) is 46.5 cm³/mol.